The summed E-state index contributed by atoms with van der Waals surface area (Å²) in [4.78, 5) is 15.8. The summed E-state index contributed by atoms with van der Waals surface area (Å²) in [6, 6.07) is 7.58. The van der Waals surface area contributed by atoms with Gasteiger partial charge in [0.05, 0.1) is 11.7 Å². The lowest BCUT2D eigenvalue weighted by atomic mass is 9.82. The first kappa shape index (κ1) is 15.5. The third-order valence-corrected chi connectivity index (χ3v) is 5.19. The molecule has 1 N–H and O–H groups in total. The zero-order valence-corrected chi connectivity index (χ0v) is 13.6. The van der Waals surface area contributed by atoms with Gasteiger partial charge in [-0.15, -0.1) is 0 Å². The number of benzene rings is 1. The highest BCUT2D eigenvalue weighted by Gasteiger charge is 2.44. The van der Waals surface area contributed by atoms with E-state index in [1.807, 2.05) is 29.2 Å². The maximum absolute atomic E-state index is 12.5. The summed E-state index contributed by atoms with van der Waals surface area (Å²) in [5, 5.41) is 18.9. The van der Waals surface area contributed by atoms with E-state index in [4.69, 9.17) is 4.74 Å². The number of hydrogen-bond donors (Lipinski definition) is 1. The molecular formula is C17H22N4O3. The fraction of sp³-hybridized carbons (Fsp3) is 0.588. The molecule has 2 aliphatic rings. The molecule has 1 spiro atoms. The van der Waals surface area contributed by atoms with Gasteiger partial charge in [-0.1, -0.05) is 12.1 Å². The van der Waals surface area contributed by atoms with Crippen LogP contribution in [0.15, 0.2) is 24.3 Å². The maximum Gasteiger partial charge on any atom is 0.246 e. The zero-order chi connectivity index (χ0) is 16.6. The summed E-state index contributed by atoms with van der Waals surface area (Å²) < 4.78 is 5.89. The summed E-state index contributed by atoms with van der Waals surface area (Å²) in [6.07, 6.45) is 2.66. The van der Waals surface area contributed by atoms with Crippen LogP contribution >= 0.6 is 0 Å². The number of hydrogen-bond acceptors (Lipinski definition) is 5. The van der Waals surface area contributed by atoms with Gasteiger partial charge in [0.1, 0.15) is 17.6 Å². The number of carbonyl (C=O) groups excluding carboxylic acids is 1. The number of aromatic nitrogens is 3. The molecule has 0 saturated carbocycles. The lowest BCUT2D eigenvalue weighted by molar-refractivity contribution is -0.180. The average Bonchev–Trinajstić information content (AvgIpc) is 3.00. The number of carbonyl (C=O) groups is 1. The SMILES string of the molecule is O=C(Cn1nc2ccccc2n1)N1CCC2(CC1)OCCC[C@@H]2O. The number of likely N-dealkylation sites (tertiary alicyclic amines) is 1. The smallest absolute Gasteiger partial charge is 0.246 e. The van der Waals surface area contributed by atoms with Crippen LogP contribution in [-0.4, -0.2) is 62.3 Å². The molecule has 128 valence electrons. The lowest BCUT2D eigenvalue weighted by Crippen LogP contribution is -2.56. The summed E-state index contributed by atoms with van der Waals surface area (Å²) in [6.45, 7) is 2.06. The van der Waals surface area contributed by atoms with Gasteiger partial charge in [-0.3, -0.25) is 4.79 Å². The van der Waals surface area contributed by atoms with Gasteiger partial charge in [0.15, 0.2) is 0 Å². The van der Waals surface area contributed by atoms with E-state index in [1.165, 1.54) is 4.80 Å². The highest BCUT2D eigenvalue weighted by molar-refractivity contribution is 5.77. The van der Waals surface area contributed by atoms with Crippen molar-refractivity contribution in [3.8, 4) is 0 Å². The van der Waals surface area contributed by atoms with Crippen molar-refractivity contribution in [2.75, 3.05) is 19.7 Å². The summed E-state index contributed by atoms with van der Waals surface area (Å²) in [5.74, 6) is 0.00968. The van der Waals surface area contributed by atoms with Crippen LogP contribution in [-0.2, 0) is 16.1 Å². The number of aliphatic hydroxyl groups excluding tert-OH is 1. The number of amides is 1. The van der Waals surface area contributed by atoms with Crippen molar-refractivity contribution >= 4 is 16.9 Å². The molecule has 7 nitrogen and oxygen atoms in total. The number of piperidine rings is 1. The van der Waals surface area contributed by atoms with Crippen LogP contribution in [0.2, 0.25) is 0 Å². The molecule has 24 heavy (non-hydrogen) atoms. The van der Waals surface area contributed by atoms with Gasteiger partial charge in [0.25, 0.3) is 0 Å². The lowest BCUT2D eigenvalue weighted by Gasteiger charge is -2.46. The fourth-order valence-electron chi connectivity index (χ4n) is 3.72. The van der Waals surface area contributed by atoms with E-state index in [9.17, 15) is 9.90 Å². The van der Waals surface area contributed by atoms with E-state index < -0.39 is 11.7 Å². The number of rotatable bonds is 2. The maximum atomic E-state index is 12.5. The topological polar surface area (TPSA) is 80.5 Å². The van der Waals surface area contributed by atoms with Crippen LogP contribution in [0, 0.1) is 0 Å². The van der Waals surface area contributed by atoms with Gasteiger partial charge in [0, 0.05) is 19.7 Å². The van der Waals surface area contributed by atoms with E-state index in [0.717, 1.165) is 23.9 Å². The quantitative estimate of drug-likeness (QED) is 0.887. The van der Waals surface area contributed by atoms with Gasteiger partial charge < -0.3 is 14.7 Å². The van der Waals surface area contributed by atoms with Crippen LogP contribution < -0.4 is 0 Å². The number of aliphatic hydroxyl groups is 1. The molecule has 0 radical (unpaired) electrons. The molecule has 0 unspecified atom stereocenters. The molecule has 0 aliphatic carbocycles. The Morgan fingerprint density at radius 3 is 2.54 bits per heavy atom. The highest BCUT2D eigenvalue weighted by atomic mass is 16.5. The third-order valence-electron chi connectivity index (χ3n) is 5.19. The molecular weight excluding hydrogens is 308 g/mol. The van der Waals surface area contributed by atoms with Crippen LogP contribution in [0.1, 0.15) is 25.7 Å². The second-order valence-electron chi connectivity index (χ2n) is 6.67. The molecule has 1 atom stereocenters. The predicted octanol–water partition coefficient (Wildman–Crippen LogP) is 0.964. The fourth-order valence-corrected chi connectivity index (χ4v) is 3.72. The Hall–Kier alpha value is -1.99. The van der Waals surface area contributed by atoms with Crippen molar-refractivity contribution in [2.45, 2.75) is 43.9 Å². The first-order valence-corrected chi connectivity index (χ1v) is 8.56. The molecule has 3 heterocycles. The molecule has 2 fully saturated rings. The number of ether oxygens (including phenoxy) is 1. The van der Waals surface area contributed by atoms with Gasteiger partial charge in [-0.25, -0.2) is 0 Å². The molecule has 2 aliphatic heterocycles. The van der Waals surface area contributed by atoms with E-state index in [1.54, 1.807) is 0 Å². The van der Waals surface area contributed by atoms with Gasteiger partial charge in [-0.2, -0.15) is 15.0 Å². The van der Waals surface area contributed by atoms with Gasteiger partial charge in [0.2, 0.25) is 5.91 Å². The molecule has 1 aromatic heterocycles. The minimum absolute atomic E-state index is 0.00968. The Morgan fingerprint density at radius 1 is 1.25 bits per heavy atom. The van der Waals surface area contributed by atoms with Crippen molar-refractivity contribution < 1.29 is 14.6 Å². The highest BCUT2D eigenvalue weighted by Crippen LogP contribution is 2.35. The normalized spacial score (nSPS) is 23.7. The van der Waals surface area contributed by atoms with Gasteiger partial charge >= 0.3 is 0 Å². The van der Waals surface area contributed by atoms with Crippen LogP contribution in [0.4, 0.5) is 0 Å². The second-order valence-corrected chi connectivity index (χ2v) is 6.67. The standard InChI is InChI=1S/C17H22N4O3/c22-15-6-3-11-24-17(15)7-9-20(10-8-17)16(23)12-21-18-13-4-1-2-5-14(13)19-21/h1-2,4-5,15,22H,3,6-12H2/t15-/m0/s1. The summed E-state index contributed by atoms with van der Waals surface area (Å²) in [5.41, 5.74) is 1.14. The molecule has 4 rings (SSSR count). The van der Waals surface area contributed by atoms with Crippen molar-refractivity contribution in [3.05, 3.63) is 24.3 Å². The van der Waals surface area contributed by atoms with Crippen LogP contribution in [0.3, 0.4) is 0 Å². The minimum Gasteiger partial charge on any atom is -0.390 e. The van der Waals surface area contributed by atoms with Crippen LogP contribution in [0.5, 0.6) is 0 Å². The Balaban J connectivity index is 1.39. The van der Waals surface area contributed by atoms with Crippen LogP contribution in [0.25, 0.3) is 11.0 Å². The van der Waals surface area contributed by atoms with Crippen molar-refractivity contribution in [1.82, 2.24) is 19.9 Å². The van der Waals surface area contributed by atoms with Crippen molar-refractivity contribution in [1.29, 1.82) is 0 Å². The average molecular weight is 330 g/mol. The molecule has 0 bridgehead atoms. The third kappa shape index (κ3) is 2.78. The van der Waals surface area contributed by atoms with Crippen molar-refractivity contribution in [2.24, 2.45) is 0 Å². The summed E-state index contributed by atoms with van der Waals surface area (Å²) >= 11 is 0. The number of fused-ring (bicyclic) bond motifs is 1. The Kier molecular flexibility index (Phi) is 3.97. The molecule has 1 amide bonds. The van der Waals surface area contributed by atoms with E-state index in [0.29, 0.717) is 32.5 Å². The van der Waals surface area contributed by atoms with Crippen molar-refractivity contribution in [3.63, 3.8) is 0 Å². The molecule has 2 saturated heterocycles. The minimum atomic E-state index is -0.451. The number of nitrogens with zero attached hydrogens (tertiary/aromatic N) is 4. The largest absolute Gasteiger partial charge is 0.390 e. The Morgan fingerprint density at radius 2 is 1.92 bits per heavy atom. The van der Waals surface area contributed by atoms with Gasteiger partial charge in [-0.05, 0) is 37.8 Å². The van der Waals surface area contributed by atoms with E-state index >= 15 is 0 Å². The predicted molar refractivity (Wildman–Crippen MR) is 87.3 cm³/mol. The van der Waals surface area contributed by atoms with E-state index in [-0.39, 0.29) is 12.5 Å². The first-order valence-electron chi connectivity index (χ1n) is 8.56. The first-order chi connectivity index (χ1) is 11.7. The molecule has 1 aromatic carbocycles. The Labute approximate surface area is 140 Å². The second kappa shape index (κ2) is 6.14. The monoisotopic (exact) mass is 330 g/mol. The Bertz CT molecular complexity index is 703. The molecule has 2 aromatic rings. The van der Waals surface area contributed by atoms with E-state index in [2.05, 4.69) is 10.2 Å². The molecule has 7 heteroatoms. The summed E-state index contributed by atoms with van der Waals surface area (Å²) in [7, 11) is 0. The zero-order valence-electron chi connectivity index (χ0n) is 13.6.